The number of carboxylic acids is 1. The number of aliphatic carboxylic acids is 1. The van der Waals surface area contributed by atoms with E-state index in [1.54, 1.807) is 29.2 Å². The van der Waals surface area contributed by atoms with Crippen LogP contribution in [0.1, 0.15) is 30.1 Å². The number of amides is 1. The van der Waals surface area contributed by atoms with Gasteiger partial charge in [-0.1, -0.05) is 24.6 Å². The van der Waals surface area contributed by atoms with Crippen molar-refractivity contribution in [1.82, 2.24) is 4.90 Å². The summed E-state index contributed by atoms with van der Waals surface area (Å²) < 4.78 is 0. The van der Waals surface area contributed by atoms with E-state index in [1.807, 2.05) is 6.92 Å². The fraction of sp³-hybridized carbons (Fsp3) is 0.429. The van der Waals surface area contributed by atoms with Crippen molar-refractivity contribution in [2.45, 2.75) is 19.8 Å². The molecule has 5 heteroatoms. The van der Waals surface area contributed by atoms with E-state index in [2.05, 4.69) is 0 Å². The molecule has 1 saturated heterocycles. The Labute approximate surface area is 117 Å². The predicted molar refractivity (Wildman–Crippen MR) is 72.3 cm³/mol. The number of benzene rings is 1. The smallest absolute Gasteiger partial charge is 0.311 e. The minimum atomic E-state index is -0.823. The summed E-state index contributed by atoms with van der Waals surface area (Å²) in [6.07, 6.45) is 1.03. The Bertz CT molecular complexity index is 517. The van der Waals surface area contributed by atoms with Crippen molar-refractivity contribution in [2.24, 2.45) is 5.41 Å². The summed E-state index contributed by atoms with van der Waals surface area (Å²) in [6.45, 7) is 2.59. The summed E-state index contributed by atoms with van der Waals surface area (Å²) in [5, 5.41) is 9.82. The maximum absolute atomic E-state index is 12.3. The first-order valence-corrected chi connectivity index (χ1v) is 6.64. The van der Waals surface area contributed by atoms with Gasteiger partial charge in [0.05, 0.1) is 5.41 Å². The number of carbonyl (C=O) groups is 2. The van der Waals surface area contributed by atoms with E-state index >= 15 is 0 Å². The van der Waals surface area contributed by atoms with Gasteiger partial charge in [0.25, 0.3) is 5.91 Å². The lowest BCUT2D eigenvalue weighted by Crippen LogP contribution is -2.36. The molecule has 0 saturated carbocycles. The van der Waals surface area contributed by atoms with Gasteiger partial charge in [0.2, 0.25) is 0 Å². The highest BCUT2D eigenvalue weighted by molar-refractivity contribution is 6.30. The molecule has 1 amide bonds. The molecule has 2 rings (SSSR count). The van der Waals surface area contributed by atoms with Gasteiger partial charge < -0.3 is 10.0 Å². The number of hydrogen-bond acceptors (Lipinski definition) is 2. The summed E-state index contributed by atoms with van der Waals surface area (Å²) in [5.41, 5.74) is -0.293. The van der Waals surface area contributed by atoms with Crippen LogP contribution in [0.15, 0.2) is 24.3 Å². The normalized spacial score (nSPS) is 22.5. The molecule has 1 aliphatic heterocycles. The standard InChI is InChI=1S/C14H16ClNO3/c1-2-14(13(18)19)6-7-16(9-14)12(17)10-4-3-5-11(15)8-10/h3-5,8H,2,6-7,9H2,1H3,(H,18,19). The molecule has 102 valence electrons. The molecule has 1 heterocycles. The molecule has 4 nitrogen and oxygen atoms in total. The zero-order valence-corrected chi connectivity index (χ0v) is 11.5. The van der Waals surface area contributed by atoms with E-state index in [0.29, 0.717) is 30.0 Å². The molecule has 0 aliphatic carbocycles. The van der Waals surface area contributed by atoms with Crippen molar-refractivity contribution in [2.75, 3.05) is 13.1 Å². The molecule has 1 aromatic rings. The Kier molecular flexibility index (Phi) is 3.80. The number of halogens is 1. The van der Waals surface area contributed by atoms with Crippen LogP contribution in [0.2, 0.25) is 5.02 Å². The van der Waals surface area contributed by atoms with Crippen LogP contribution < -0.4 is 0 Å². The van der Waals surface area contributed by atoms with E-state index in [9.17, 15) is 14.7 Å². The number of carboxylic acid groups (broad SMARTS) is 1. The zero-order valence-electron chi connectivity index (χ0n) is 10.7. The first-order chi connectivity index (χ1) is 8.98. The first-order valence-electron chi connectivity index (χ1n) is 6.27. The third-order valence-corrected chi connectivity index (χ3v) is 4.08. The van der Waals surface area contributed by atoms with Crippen LogP contribution in [0.3, 0.4) is 0 Å². The molecule has 1 unspecified atom stereocenters. The minimum absolute atomic E-state index is 0.154. The third kappa shape index (κ3) is 2.59. The molecule has 0 radical (unpaired) electrons. The lowest BCUT2D eigenvalue weighted by Gasteiger charge is -2.23. The highest BCUT2D eigenvalue weighted by atomic mass is 35.5. The molecule has 1 aromatic carbocycles. The molecule has 1 atom stereocenters. The monoisotopic (exact) mass is 281 g/mol. The van der Waals surface area contributed by atoms with Gasteiger partial charge >= 0.3 is 5.97 Å². The van der Waals surface area contributed by atoms with Gasteiger partial charge in [-0.25, -0.2) is 0 Å². The summed E-state index contributed by atoms with van der Waals surface area (Å²) in [5.74, 6) is -0.976. The van der Waals surface area contributed by atoms with Crippen molar-refractivity contribution in [1.29, 1.82) is 0 Å². The van der Waals surface area contributed by atoms with Crippen LogP contribution in [0.5, 0.6) is 0 Å². The number of nitrogens with zero attached hydrogens (tertiary/aromatic N) is 1. The first kappa shape index (κ1) is 13.9. The fourth-order valence-corrected chi connectivity index (χ4v) is 2.65. The van der Waals surface area contributed by atoms with Gasteiger partial charge in [0.1, 0.15) is 0 Å². The lowest BCUT2D eigenvalue weighted by atomic mass is 9.84. The Balaban J connectivity index is 2.17. The Morgan fingerprint density at radius 3 is 2.74 bits per heavy atom. The van der Waals surface area contributed by atoms with E-state index in [1.165, 1.54) is 0 Å². The Morgan fingerprint density at radius 1 is 1.47 bits per heavy atom. The minimum Gasteiger partial charge on any atom is -0.481 e. The van der Waals surface area contributed by atoms with Crippen LogP contribution in [-0.2, 0) is 4.79 Å². The Hall–Kier alpha value is -1.55. The van der Waals surface area contributed by atoms with E-state index in [0.717, 1.165) is 0 Å². The largest absolute Gasteiger partial charge is 0.481 e. The lowest BCUT2D eigenvalue weighted by molar-refractivity contribution is -0.148. The third-order valence-electron chi connectivity index (χ3n) is 3.84. The molecule has 0 bridgehead atoms. The average Bonchev–Trinajstić information content (AvgIpc) is 2.83. The second kappa shape index (κ2) is 5.21. The number of hydrogen-bond donors (Lipinski definition) is 1. The van der Waals surface area contributed by atoms with Gasteiger partial charge in [0.15, 0.2) is 0 Å². The van der Waals surface area contributed by atoms with E-state index in [4.69, 9.17) is 11.6 Å². The quantitative estimate of drug-likeness (QED) is 0.927. The van der Waals surface area contributed by atoms with Crippen molar-refractivity contribution in [3.63, 3.8) is 0 Å². The second-order valence-electron chi connectivity index (χ2n) is 4.93. The van der Waals surface area contributed by atoms with Crippen LogP contribution in [0.4, 0.5) is 0 Å². The van der Waals surface area contributed by atoms with Crippen LogP contribution >= 0.6 is 11.6 Å². The Morgan fingerprint density at radius 2 is 2.21 bits per heavy atom. The second-order valence-corrected chi connectivity index (χ2v) is 5.36. The molecule has 19 heavy (non-hydrogen) atoms. The fourth-order valence-electron chi connectivity index (χ4n) is 2.46. The molecular weight excluding hydrogens is 266 g/mol. The molecule has 0 spiro atoms. The highest BCUT2D eigenvalue weighted by Gasteiger charge is 2.44. The maximum atomic E-state index is 12.3. The zero-order chi connectivity index (χ0) is 14.0. The molecule has 1 aliphatic rings. The van der Waals surface area contributed by atoms with Gasteiger partial charge in [-0.05, 0) is 31.0 Å². The molecule has 1 fully saturated rings. The number of likely N-dealkylation sites (tertiary alicyclic amines) is 1. The van der Waals surface area contributed by atoms with E-state index in [-0.39, 0.29) is 12.5 Å². The SMILES string of the molecule is CCC1(C(=O)O)CCN(C(=O)c2cccc(Cl)c2)C1. The summed E-state index contributed by atoms with van der Waals surface area (Å²) in [6, 6.07) is 6.73. The topological polar surface area (TPSA) is 57.6 Å². The average molecular weight is 282 g/mol. The van der Waals surface area contributed by atoms with E-state index < -0.39 is 11.4 Å². The van der Waals surface area contributed by atoms with Crippen LogP contribution in [0, 0.1) is 5.41 Å². The van der Waals surface area contributed by atoms with Gasteiger partial charge in [0, 0.05) is 23.7 Å². The predicted octanol–water partition coefficient (Wildman–Crippen LogP) is 2.67. The van der Waals surface area contributed by atoms with Gasteiger partial charge in [-0.2, -0.15) is 0 Å². The summed E-state index contributed by atoms with van der Waals surface area (Å²) in [4.78, 5) is 25.3. The number of carbonyl (C=O) groups excluding carboxylic acids is 1. The van der Waals surface area contributed by atoms with Gasteiger partial charge in [-0.3, -0.25) is 9.59 Å². The van der Waals surface area contributed by atoms with Crippen molar-refractivity contribution >= 4 is 23.5 Å². The molecule has 0 aromatic heterocycles. The number of rotatable bonds is 3. The summed E-state index contributed by atoms with van der Waals surface area (Å²) >= 11 is 5.86. The van der Waals surface area contributed by atoms with Crippen LogP contribution in [0.25, 0.3) is 0 Å². The molecular formula is C14H16ClNO3. The van der Waals surface area contributed by atoms with Crippen molar-refractivity contribution < 1.29 is 14.7 Å². The van der Waals surface area contributed by atoms with Gasteiger partial charge in [-0.15, -0.1) is 0 Å². The van der Waals surface area contributed by atoms with Crippen LogP contribution in [-0.4, -0.2) is 35.0 Å². The summed E-state index contributed by atoms with van der Waals surface area (Å²) in [7, 11) is 0. The maximum Gasteiger partial charge on any atom is 0.311 e. The highest BCUT2D eigenvalue weighted by Crippen LogP contribution is 2.34. The van der Waals surface area contributed by atoms with Crippen molar-refractivity contribution in [3.8, 4) is 0 Å². The van der Waals surface area contributed by atoms with Crippen molar-refractivity contribution in [3.05, 3.63) is 34.9 Å². The molecule has 1 N–H and O–H groups in total.